The molecule has 0 N–H and O–H groups in total. The highest BCUT2D eigenvalue weighted by Gasteiger charge is 2.17. The first-order valence-corrected chi connectivity index (χ1v) is 11.7. The Morgan fingerprint density at radius 1 is 0.872 bits per heavy atom. The molecule has 11 nitrogen and oxygen atoms in total. The number of non-ortho nitro benzene ring substituents is 1. The molecule has 0 aliphatic carbocycles. The van der Waals surface area contributed by atoms with Gasteiger partial charge >= 0.3 is 5.69 Å². The molecule has 0 spiro atoms. The Kier molecular flexibility index (Phi) is 6.86. The van der Waals surface area contributed by atoms with Gasteiger partial charge in [0.25, 0.3) is 11.2 Å². The van der Waals surface area contributed by atoms with Crippen molar-refractivity contribution in [3.63, 3.8) is 0 Å². The standard InChI is InChI=1S/C28H19N5O6/c34-28-23-11-4-5-12-24(23)30-27(21-8-2-1-3-9-21)31(28)29-17-19-13-14-26(25(16-19)33(37)38)39-18-20-7-6-10-22(15-20)32(35)36/h1-17H,18H2. The zero-order chi connectivity index (χ0) is 27.4. The number of para-hydroxylation sites is 1. The molecule has 0 aliphatic heterocycles. The van der Waals surface area contributed by atoms with Crippen molar-refractivity contribution >= 4 is 28.5 Å². The van der Waals surface area contributed by atoms with Crippen LogP contribution in [0.25, 0.3) is 22.3 Å². The number of nitro benzene ring substituents is 2. The molecule has 4 aromatic carbocycles. The molecule has 0 fully saturated rings. The molecule has 0 radical (unpaired) electrons. The van der Waals surface area contributed by atoms with Gasteiger partial charge in [-0.05, 0) is 29.8 Å². The molecule has 0 bridgehead atoms. The number of benzene rings is 4. The number of hydrogen-bond donors (Lipinski definition) is 0. The van der Waals surface area contributed by atoms with Crippen LogP contribution < -0.4 is 10.3 Å². The van der Waals surface area contributed by atoms with Crippen LogP contribution in [0, 0.1) is 20.2 Å². The molecule has 0 saturated carbocycles. The fourth-order valence-corrected chi connectivity index (χ4v) is 3.93. The van der Waals surface area contributed by atoms with Gasteiger partial charge in [-0.15, -0.1) is 0 Å². The van der Waals surface area contributed by atoms with Crippen molar-refractivity contribution < 1.29 is 14.6 Å². The minimum Gasteiger partial charge on any atom is -0.482 e. The Bertz CT molecular complexity index is 1800. The van der Waals surface area contributed by atoms with Crippen molar-refractivity contribution in [1.29, 1.82) is 0 Å². The summed E-state index contributed by atoms with van der Waals surface area (Å²) in [7, 11) is 0. The van der Waals surface area contributed by atoms with Gasteiger partial charge in [0.1, 0.15) is 6.61 Å². The van der Waals surface area contributed by atoms with Crippen LogP contribution in [0.15, 0.2) is 107 Å². The van der Waals surface area contributed by atoms with Gasteiger partial charge in [-0.1, -0.05) is 54.6 Å². The Labute approximate surface area is 220 Å². The average molecular weight is 521 g/mol. The maximum atomic E-state index is 13.3. The van der Waals surface area contributed by atoms with E-state index in [-0.39, 0.29) is 29.3 Å². The number of rotatable bonds is 8. The van der Waals surface area contributed by atoms with E-state index >= 15 is 0 Å². The van der Waals surface area contributed by atoms with E-state index < -0.39 is 9.85 Å². The predicted molar refractivity (Wildman–Crippen MR) is 145 cm³/mol. The fraction of sp³-hybridized carbons (Fsp3) is 0.0357. The first-order valence-electron chi connectivity index (χ1n) is 11.7. The molecule has 1 aromatic heterocycles. The smallest absolute Gasteiger partial charge is 0.311 e. The molecule has 0 aliphatic rings. The lowest BCUT2D eigenvalue weighted by atomic mass is 10.2. The second kappa shape index (κ2) is 10.7. The minimum atomic E-state index is -0.598. The summed E-state index contributed by atoms with van der Waals surface area (Å²) in [6.07, 6.45) is 1.33. The molecule has 11 heteroatoms. The average Bonchev–Trinajstić information content (AvgIpc) is 2.96. The monoisotopic (exact) mass is 521 g/mol. The largest absolute Gasteiger partial charge is 0.482 e. The van der Waals surface area contributed by atoms with Crippen LogP contribution in [-0.2, 0) is 6.61 Å². The van der Waals surface area contributed by atoms with Crippen LogP contribution in [0.2, 0.25) is 0 Å². The molecular weight excluding hydrogens is 502 g/mol. The first kappa shape index (κ1) is 25.0. The van der Waals surface area contributed by atoms with Crippen molar-refractivity contribution in [2.24, 2.45) is 5.10 Å². The molecule has 5 aromatic rings. The molecule has 192 valence electrons. The van der Waals surface area contributed by atoms with E-state index in [9.17, 15) is 25.0 Å². The number of ether oxygens (including phenoxy) is 1. The van der Waals surface area contributed by atoms with Crippen LogP contribution in [0.3, 0.4) is 0 Å². The van der Waals surface area contributed by atoms with E-state index in [0.717, 1.165) is 4.68 Å². The molecule has 0 unspecified atom stereocenters. The Morgan fingerprint density at radius 3 is 2.41 bits per heavy atom. The van der Waals surface area contributed by atoms with E-state index in [1.807, 2.05) is 18.2 Å². The third-order valence-corrected chi connectivity index (χ3v) is 5.80. The topological polar surface area (TPSA) is 143 Å². The second-order valence-electron chi connectivity index (χ2n) is 8.38. The van der Waals surface area contributed by atoms with E-state index in [2.05, 4.69) is 10.1 Å². The van der Waals surface area contributed by atoms with Crippen molar-refractivity contribution in [2.45, 2.75) is 6.61 Å². The maximum absolute atomic E-state index is 13.3. The third kappa shape index (κ3) is 5.37. The summed E-state index contributed by atoms with van der Waals surface area (Å²) in [5.74, 6) is 0.306. The normalized spacial score (nSPS) is 11.1. The molecular formula is C28H19N5O6. The Hall–Kier alpha value is -5.71. The molecule has 1 heterocycles. The van der Waals surface area contributed by atoms with Gasteiger partial charge in [-0.3, -0.25) is 25.0 Å². The van der Waals surface area contributed by atoms with Gasteiger partial charge < -0.3 is 4.74 Å². The summed E-state index contributed by atoms with van der Waals surface area (Å²) < 4.78 is 6.77. The van der Waals surface area contributed by atoms with E-state index in [1.165, 1.54) is 36.5 Å². The summed E-state index contributed by atoms with van der Waals surface area (Å²) >= 11 is 0. The first-order chi connectivity index (χ1) is 18.9. The van der Waals surface area contributed by atoms with Gasteiger partial charge in [-0.2, -0.15) is 9.78 Å². The summed E-state index contributed by atoms with van der Waals surface area (Å²) in [4.78, 5) is 39.6. The van der Waals surface area contributed by atoms with Crippen molar-refractivity contribution in [1.82, 2.24) is 9.66 Å². The lowest BCUT2D eigenvalue weighted by molar-refractivity contribution is -0.386. The SMILES string of the molecule is O=c1c2ccccc2nc(-c2ccccc2)n1N=Cc1ccc(OCc2cccc([N+](=O)[O-])c2)c([N+](=O)[O-])c1. The summed E-state index contributed by atoms with van der Waals surface area (Å²) in [6, 6.07) is 26.1. The lowest BCUT2D eigenvalue weighted by Gasteiger charge is -2.10. The van der Waals surface area contributed by atoms with E-state index in [0.29, 0.717) is 33.4 Å². The predicted octanol–water partition coefficient (Wildman–Crippen LogP) is 5.34. The highest BCUT2D eigenvalue weighted by molar-refractivity contribution is 5.83. The number of fused-ring (bicyclic) bond motifs is 1. The van der Waals surface area contributed by atoms with Crippen molar-refractivity contribution in [3.05, 3.63) is 139 Å². The van der Waals surface area contributed by atoms with Crippen molar-refractivity contribution in [2.75, 3.05) is 0 Å². The molecule has 0 atom stereocenters. The Morgan fingerprint density at radius 2 is 1.64 bits per heavy atom. The van der Waals surface area contributed by atoms with Crippen molar-refractivity contribution in [3.8, 4) is 17.1 Å². The molecule has 0 amide bonds. The van der Waals surface area contributed by atoms with Crippen LogP contribution in [0.5, 0.6) is 5.75 Å². The van der Waals surface area contributed by atoms with Gasteiger partial charge in [0.2, 0.25) is 0 Å². The zero-order valence-electron chi connectivity index (χ0n) is 20.2. The number of hydrogen-bond acceptors (Lipinski definition) is 8. The third-order valence-electron chi connectivity index (χ3n) is 5.80. The number of nitro groups is 2. The van der Waals surface area contributed by atoms with Crippen LogP contribution in [0.1, 0.15) is 11.1 Å². The molecule has 39 heavy (non-hydrogen) atoms. The Balaban J connectivity index is 1.48. The van der Waals surface area contributed by atoms with E-state index in [1.54, 1.807) is 48.5 Å². The van der Waals surface area contributed by atoms with Crippen LogP contribution in [0.4, 0.5) is 11.4 Å². The fourth-order valence-electron chi connectivity index (χ4n) is 3.93. The molecule has 5 rings (SSSR count). The lowest BCUT2D eigenvalue weighted by Crippen LogP contribution is -2.20. The maximum Gasteiger partial charge on any atom is 0.311 e. The summed E-state index contributed by atoms with van der Waals surface area (Å²) in [5.41, 5.74) is 1.22. The van der Waals surface area contributed by atoms with Gasteiger partial charge in [-0.25, -0.2) is 4.98 Å². The molecule has 0 saturated heterocycles. The number of nitrogens with zero attached hydrogens (tertiary/aromatic N) is 5. The summed E-state index contributed by atoms with van der Waals surface area (Å²) in [6.45, 7) is -0.103. The van der Waals surface area contributed by atoms with E-state index in [4.69, 9.17) is 4.74 Å². The van der Waals surface area contributed by atoms with Gasteiger partial charge in [0.15, 0.2) is 11.6 Å². The minimum absolute atomic E-state index is 0.0156. The van der Waals surface area contributed by atoms with Crippen LogP contribution in [-0.4, -0.2) is 25.7 Å². The summed E-state index contributed by atoms with van der Waals surface area (Å²) in [5, 5.41) is 27.5. The van der Waals surface area contributed by atoms with Gasteiger partial charge in [0.05, 0.1) is 27.0 Å². The number of aromatic nitrogens is 2. The zero-order valence-corrected chi connectivity index (χ0v) is 20.2. The quantitative estimate of drug-likeness (QED) is 0.152. The highest BCUT2D eigenvalue weighted by atomic mass is 16.6. The highest BCUT2D eigenvalue weighted by Crippen LogP contribution is 2.29. The van der Waals surface area contributed by atoms with Crippen LogP contribution >= 0.6 is 0 Å². The second-order valence-corrected chi connectivity index (χ2v) is 8.38. The van der Waals surface area contributed by atoms with Gasteiger partial charge in [0, 0.05) is 29.3 Å².